The molecule has 0 spiro atoms. The van der Waals surface area contributed by atoms with Gasteiger partial charge in [-0.1, -0.05) is 22.6 Å². The number of nitrogens with two attached hydrogens (primary N) is 1. The molecule has 0 saturated heterocycles. The van der Waals surface area contributed by atoms with Gasteiger partial charge in [0.25, 0.3) is 0 Å². The molecule has 0 aliphatic carbocycles. The van der Waals surface area contributed by atoms with Gasteiger partial charge in [0.05, 0.1) is 4.43 Å². The maximum Gasteiger partial charge on any atom is 0.343 e. The predicted molar refractivity (Wildman–Crippen MR) is 110 cm³/mol. The van der Waals surface area contributed by atoms with E-state index in [-0.39, 0.29) is 22.6 Å². The first-order valence-electron chi connectivity index (χ1n) is 8.30. The first kappa shape index (κ1) is 23.0. The quantitative estimate of drug-likeness (QED) is 0.290. The van der Waals surface area contributed by atoms with Crippen LogP contribution in [0.2, 0.25) is 0 Å². The van der Waals surface area contributed by atoms with Crippen molar-refractivity contribution < 1.29 is 23.8 Å². The summed E-state index contributed by atoms with van der Waals surface area (Å²) in [6.07, 6.45) is -0.804. The van der Waals surface area contributed by atoms with E-state index in [0.29, 0.717) is 4.43 Å². The van der Waals surface area contributed by atoms with Gasteiger partial charge in [-0.25, -0.2) is 9.59 Å². The van der Waals surface area contributed by atoms with Crippen LogP contribution in [0, 0.1) is 11.3 Å². The second-order valence-corrected chi connectivity index (χ2v) is 8.68. The molecule has 27 heavy (non-hydrogen) atoms. The molecule has 0 saturated carbocycles. The lowest BCUT2D eigenvalue weighted by Crippen LogP contribution is -2.29. The third kappa shape index (κ3) is 6.90. The Kier molecular flexibility index (Phi) is 7.48. The third-order valence-electron chi connectivity index (χ3n) is 2.96. The smallest absolute Gasteiger partial charge is 0.343 e. The molecule has 2 N–H and O–H groups in total. The molecule has 0 fully saturated rings. The molecule has 1 rings (SSSR count). The van der Waals surface area contributed by atoms with Crippen LogP contribution < -0.4 is 10.5 Å². The number of nitriles is 1. The fourth-order valence-electron chi connectivity index (χ4n) is 2.02. The summed E-state index contributed by atoms with van der Waals surface area (Å²) in [7, 11) is 0. The zero-order valence-corrected chi connectivity index (χ0v) is 18.5. The van der Waals surface area contributed by atoms with E-state index in [1.807, 2.05) is 28.7 Å². The molecular weight excluding hydrogens is 463 g/mol. The van der Waals surface area contributed by atoms with Gasteiger partial charge in [-0.3, -0.25) is 0 Å². The van der Waals surface area contributed by atoms with Crippen molar-refractivity contribution in [1.82, 2.24) is 0 Å². The molecule has 0 aromatic heterocycles. The summed E-state index contributed by atoms with van der Waals surface area (Å²) in [5.41, 5.74) is 4.15. The van der Waals surface area contributed by atoms with E-state index in [1.165, 1.54) is 12.1 Å². The van der Waals surface area contributed by atoms with E-state index in [0.717, 1.165) is 0 Å². The molecule has 1 aromatic carbocycles. The normalized spacial score (nSPS) is 12.7. The number of rotatable bonds is 5. The summed E-state index contributed by atoms with van der Waals surface area (Å²) < 4.78 is 16.8. The molecule has 0 radical (unpaired) electrons. The number of nitrogen functional groups attached to an aromatic ring is 1. The van der Waals surface area contributed by atoms with Crippen molar-refractivity contribution in [2.24, 2.45) is 0 Å². The average Bonchev–Trinajstić information content (AvgIpc) is 2.49. The van der Waals surface area contributed by atoms with Crippen LogP contribution in [-0.2, 0) is 9.47 Å². The Balaban J connectivity index is 3.57. The van der Waals surface area contributed by atoms with Crippen molar-refractivity contribution >= 4 is 40.2 Å². The standard InChI is InChI=1S/C19H25IN2O5/c1-18(2,3)26-16(23)14-12(22)7-8-13(25-11(9-20)10-21)15(14)17(24)27-19(4,5)6/h7-8,11H,9,22H2,1-6H3. The van der Waals surface area contributed by atoms with Gasteiger partial charge in [-0.15, -0.1) is 0 Å². The Morgan fingerprint density at radius 3 is 1.96 bits per heavy atom. The topological polar surface area (TPSA) is 112 Å². The molecule has 8 heteroatoms. The molecule has 0 aliphatic rings. The zero-order chi connectivity index (χ0) is 21.0. The van der Waals surface area contributed by atoms with E-state index < -0.39 is 29.2 Å². The molecule has 0 heterocycles. The SMILES string of the molecule is CC(C)(C)OC(=O)c1c(N)ccc(OC(C#N)CI)c1C(=O)OC(C)(C)C. The van der Waals surface area contributed by atoms with Gasteiger partial charge in [0, 0.05) is 5.69 Å². The maximum absolute atomic E-state index is 12.8. The molecule has 148 valence electrons. The van der Waals surface area contributed by atoms with E-state index in [9.17, 15) is 14.9 Å². The van der Waals surface area contributed by atoms with Gasteiger partial charge >= 0.3 is 11.9 Å². The fourth-order valence-corrected chi connectivity index (χ4v) is 2.40. The Morgan fingerprint density at radius 1 is 1.07 bits per heavy atom. The Bertz CT molecular complexity index is 757. The molecule has 0 aliphatic heterocycles. The van der Waals surface area contributed by atoms with Crippen LogP contribution in [0.25, 0.3) is 0 Å². The van der Waals surface area contributed by atoms with Gasteiger partial charge in [0.2, 0.25) is 0 Å². The lowest BCUT2D eigenvalue weighted by molar-refractivity contribution is 0.00158. The number of alkyl halides is 1. The molecule has 1 unspecified atom stereocenters. The van der Waals surface area contributed by atoms with Crippen molar-refractivity contribution in [1.29, 1.82) is 5.26 Å². The number of benzene rings is 1. The van der Waals surface area contributed by atoms with Crippen molar-refractivity contribution in [3.05, 3.63) is 23.3 Å². The predicted octanol–water partition coefficient (Wildman–Crippen LogP) is 3.89. The lowest BCUT2D eigenvalue weighted by atomic mass is 10.0. The van der Waals surface area contributed by atoms with Gasteiger partial charge in [0.1, 0.15) is 34.1 Å². The monoisotopic (exact) mass is 488 g/mol. The number of nitrogens with zero attached hydrogens (tertiary/aromatic N) is 1. The molecule has 7 nitrogen and oxygen atoms in total. The number of hydrogen-bond donors (Lipinski definition) is 1. The Hall–Kier alpha value is -2.02. The molecule has 1 aromatic rings. The molecule has 0 amide bonds. The van der Waals surface area contributed by atoms with Gasteiger partial charge < -0.3 is 19.9 Å². The van der Waals surface area contributed by atoms with Crippen LogP contribution in [0.1, 0.15) is 62.3 Å². The van der Waals surface area contributed by atoms with Crippen LogP contribution in [0.5, 0.6) is 5.75 Å². The zero-order valence-electron chi connectivity index (χ0n) is 16.4. The van der Waals surface area contributed by atoms with Gasteiger partial charge in [-0.2, -0.15) is 5.26 Å². The highest BCUT2D eigenvalue weighted by Gasteiger charge is 2.32. The van der Waals surface area contributed by atoms with Crippen LogP contribution in [0.3, 0.4) is 0 Å². The largest absolute Gasteiger partial charge is 0.474 e. The van der Waals surface area contributed by atoms with Crippen LogP contribution >= 0.6 is 22.6 Å². The van der Waals surface area contributed by atoms with E-state index in [2.05, 4.69) is 0 Å². The number of carbonyl (C=O) groups excluding carboxylic acids is 2. The number of carbonyl (C=O) groups is 2. The highest BCUT2D eigenvalue weighted by Crippen LogP contribution is 2.32. The second-order valence-electron chi connectivity index (χ2n) is 7.80. The van der Waals surface area contributed by atoms with Crippen molar-refractivity contribution in [2.45, 2.75) is 58.8 Å². The third-order valence-corrected chi connectivity index (χ3v) is 3.76. The van der Waals surface area contributed by atoms with E-state index in [1.54, 1.807) is 41.5 Å². The summed E-state index contributed by atoms with van der Waals surface area (Å²) in [4.78, 5) is 25.5. The van der Waals surface area contributed by atoms with Crippen LogP contribution in [0.15, 0.2) is 12.1 Å². The van der Waals surface area contributed by atoms with Crippen molar-refractivity contribution in [3.8, 4) is 11.8 Å². The summed E-state index contributed by atoms with van der Waals surface area (Å²) in [6.45, 7) is 10.2. The second kappa shape index (κ2) is 8.78. The van der Waals surface area contributed by atoms with E-state index in [4.69, 9.17) is 19.9 Å². The average molecular weight is 488 g/mol. The number of anilines is 1. The minimum Gasteiger partial charge on any atom is -0.474 e. The van der Waals surface area contributed by atoms with Crippen LogP contribution in [-0.4, -0.2) is 33.7 Å². The number of hydrogen-bond acceptors (Lipinski definition) is 7. The first-order chi connectivity index (χ1) is 12.3. The number of ether oxygens (including phenoxy) is 3. The minimum absolute atomic E-state index is 0.0440. The molecular formula is C19H25IN2O5. The maximum atomic E-state index is 12.8. The highest BCUT2D eigenvalue weighted by atomic mass is 127. The fraction of sp³-hybridized carbons (Fsp3) is 0.526. The van der Waals surface area contributed by atoms with Crippen molar-refractivity contribution in [2.75, 3.05) is 10.2 Å². The Labute approximate surface area is 173 Å². The molecule has 1 atom stereocenters. The van der Waals surface area contributed by atoms with Gasteiger partial charge in [-0.05, 0) is 53.7 Å². The number of esters is 2. The first-order valence-corrected chi connectivity index (χ1v) is 9.83. The Morgan fingerprint density at radius 2 is 1.56 bits per heavy atom. The summed E-state index contributed by atoms with van der Waals surface area (Å²) in [5, 5.41) is 9.18. The van der Waals surface area contributed by atoms with Gasteiger partial charge in [0.15, 0.2) is 6.10 Å². The number of halogens is 1. The van der Waals surface area contributed by atoms with Crippen LogP contribution in [0.4, 0.5) is 5.69 Å². The summed E-state index contributed by atoms with van der Waals surface area (Å²) >= 11 is 1.99. The van der Waals surface area contributed by atoms with Crippen molar-refractivity contribution in [3.63, 3.8) is 0 Å². The lowest BCUT2D eigenvalue weighted by Gasteiger charge is -2.24. The van der Waals surface area contributed by atoms with E-state index >= 15 is 0 Å². The summed E-state index contributed by atoms with van der Waals surface area (Å²) in [6, 6.07) is 4.87. The molecule has 0 bridgehead atoms. The summed E-state index contributed by atoms with van der Waals surface area (Å²) in [5.74, 6) is -1.51. The highest BCUT2D eigenvalue weighted by molar-refractivity contribution is 14.1. The minimum atomic E-state index is -0.804.